The predicted octanol–water partition coefficient (Wildman–Crippen LogP) is 16.1. The van der Waals surface area contributed by atoms with Gasteiger partial charge < -0.3 is 14.7 Å². The monoisotopic (exact) mass is 906 g/mol. The van der Waals surface area contributed by atoms with Gasteiger partial charge in [0, 0.05) is 45.5 Å². The maximum Gasteiger partial charge on any atom is 0.252 e. The summed E-state index contributed by atoms with van der Waals surface area (Å²) in [5, 5.41) is 0. The predicted molar refractivity (Wildman–Crippen MR) is 299 cm³/mol. The number of aryl methyl sites for hydroxylation is 1. The Hall–Kier alpha value is -6.00. The molecule has 350 valence electrons. The number of anilines is 9. The molecule has 0 aromatic heterocycles. The third kappa shape index (κ3) is 7.13. The van der Waals surface area contributed by atoms with Gasteiger partial charge >= 0.3 is 0 Å². The highest BCUT2D eigenvalue weighted by Crippen LogP contribution is 2.56. The smallest absolute Gasteiger partial charge is 0.252 e. The van der Waals surface area contributed by atoms with E-state index in [2.05, 4.69) is 258 Å². The first-order valence-corrected chi connectivity index (χ1v) is 25.6. The molecule has 7 aromatic rings. The zero-order valence-corrected chi connectivity index (χ0v) is 44.1. The van der Waals surface area contributed by atoms with Gasteiger partial charge in [-0.3, -0.25) is 0 Å². The molecule has 0 spiro atoms. The molecule has 0 bridgehead atoms. The lowest BCUT2D eigenvalue weighted by Crippen LogP contribution is -2.61. The van der Waals surface area contributed by atoms with Crippen LogP contribution in [0.25, 0.3) is 0 Å². The van der Waals surface area contributed by atoms with Crippen molar-refractivity contribution in [2.75, 3.05) is 14.7 Å². The lowest BCUT2D eigenvalue weighted by Gasteiger charge is -2.46. The minimum absolute atomic E-state index is 0.00168. The van der Waals surface area contributed by atoms with Gasteiger partial charge in [0.15, 0.2) is 0 Å². The standard InChI is InChI=1S/C65H72BN3/c1-41-26-27-42(60(2,3)4)32-54(41)69-55-33-43(61(5,6)7)28-31-52(55)66-53-37-50-51(65(14,15)40-64(50,12)13)38-56(53)68(46-29-30-48-49(34-46)63(10,11)39-62(48,8)9)57-35-47(36-58(69)59(57)66)67(44-22-18-16-19-23-44)45-24-20-17-21-25-45/h16-38H,39-40H2,1-15H3. The van der Waals surface area contributed by atoms with Crippen LogP contribution in [0.3, 0.4) is 0 Å². The van der Waals surface area contributed by atoms with Gasteiger partial charge in [0.1, 0.15) is 0 Å². The summed E-state index contributed by atoms with van der Waals surface area (Å²) in [7, 11) is 0. The summed E-state index contributed by atoms with van der Waals surface area (Å²) in [6, 6.07) is 54.5. The van der Waals surface area contributed by atoms with Crippen molar-refractivity contribution < 1.29 is 0 Å². The van der Waals surface area contributed by atoms with Gasteiger partial charge in [-0.15, -0.1) is 0 Å². The summed E-state index contributed by atoms with van der Waals surface area (Å²) >= 11 is 0. The molecular formula is C65H72BN3. The number of hydrogen-bond acceptors (Lipinski definition) is 3. The van der Waals surface area contributed by atoms with Gasteiger partial charge in [0.2, 0.25) is 0 Å². The summed E-state index contributed by atoms with van der Waals surface area (Å²) in [5.41, 5.74) is 24.9. The van der Waals surface area contributed by atoms with E-state index in [9.17, 15) is 0 Å². The molecule has 2 aliphatic heterocycles. The van der Waals surface area contributed by atoms with E-state index in [1.807, 2.05) is 0 Å². The fourth-order valence-corrected chi connectivity index (χ4v) is 13.6. The number of fused-ring (bicyclic) bond motifs is 6. The van der Waals surface area contributed by atoms with Crippen molar-refractivity contribution >= 4 is 74.3 Å². The van der Waals surface area contributed by atoms with Crippen LogP contribution in [0, 0.1) is 6.92 Å². The van der Waals surface area contributed by atoms with E-state index < -0.39 is 0 Å². The average molecular weight is 906 g/mol. The summed E-state index contributed by atoms with van der Waals surface area (Å²) in [4.78, 5) is 7.83. The number of rotatable bonds is 5. The third-order valence-electron chi connectivity index (χ3n) is 16.6. The maximum atomic E-state index is 2.69. The van der Waals surface area contributed by atoms with Crippen LogP contribution in [-0.2, 0) is 32.5 Å². The van der Waals surface area contributed by atoms with Crippen LogP contribution in [0.5, 0.6) is 0 Å². The van der Waals surface area contributed by atoms with E-state index in [1.165, 1.54) is 89.5 Å². The second-order valence-electron chi connectivity index (χ2n) is 25.9. The molecule has 4 aliphatic rings. The Bertz CT molecular complexity index is 3170. The first-order valence-electron chi connectivity index (χ1n) is 25.6. The van der Waals surface area contributed by atoms with Crippen LogP contribution in [0.1, 0.15) is 149 Å². The van der Waals surface area contributed by atoms with E-state index >= 15 is 0 Å². The zero-order chi connectivity index (χ0) is 49.0. The van der Waals surface area contributed by atoms with E-state index in [0.717, 1.165) is 29.9 Å². The fourth-order valence-electron chi connectivity index (χ4n) is 13.6. The van der Waals surface area contributed by atoms with Gasteiger partial charge in [-0.2, -0.15) is 0 Å². The molecule has 0 unspecified atom stereocenters. The highest BCUT2D eigenvalue weighted by molar-refractivity contribution is 7.00. The van der Waals surface area contributed by atoms with Crippen LogP contribution in [-0.4, -0.2) is 6.71 Å². The quantitative estimate of drug-likeness (QED) is 0.159. The van der Waals surface area contributed by atoms with Crippen molar-refractivity contribution in [1.82, 2.24) is 0 Å². The largest absolute Gasteiger partial charge is 0.311 e. The van der Waals surface area contributed by atoms with Gasteiger partial charge in [-0.25, -0.2) is 0 Å². The Morgan fingerprint density at radius 2 is 0.899 bits per heavy atom. The average Bonchev–Trinajstić information content (AvgIpc) is 3.59. The van der Waals surface area contributed by atoms with Crippen LogP contribution in [0.4, 0.5) is 51.2 Å². The minimum Gasteiger partial charge on any atom is -0.311 e. The highest BCUT2D eigenvalue weighted by Gasteiger charge is 2.49. The minimum atomic E-state index is -0.0542. The molecule has 2 heterocycles. The van der Waals surface area contributed by atoms with Crippen LogP contribution < -0.4 is 31.1 Å². The fraction of sp³-hybridized carbons (Fsp3) is 0.354. The normalized spacial score (nSPS) is 17.8. The molecule has 7 aromatic carbocycles. The molecular weight excluding hydrogens is 834 g/mol. The number of benzene rings is 7. The lowest BCUT2D eigenvalue weighted by atomic mass is 9.33. The Labute approximate surface area is 414 Å². The maximum absolute atomic E-state index is 2.69. The molecule has 0 amide bonds. The summed E-state index contributed by atoms with van der Waals surface area (Å²) in [6.45, 7) is 36.1. The van der Waals surface area contributed by atoms with Crippen LogP contribution in [0.15, 0.2) is 140 Å². The van der Waals surface area contributed by atoms with E-state index in [0.29, 0.717) is 0 Å². The number of nitrogens with zero attached hydrogens (tertiary/aromatic N) is 3. The summed E-state index contributed by atoms with van der Waals surface area (Å²) < 4.78 is 0. The van der Waals surface area contributed by atoms with Crippen molar-refractivity contribution in [3.05, 3.63) is 178 Å². The second-order valence-corrected chi connectivity index (χ2v) is 25.9. The Morgan fingerprint density at radius 1 is 0.420 bits per heavy atom. The van der Waals surface area contributed by atoms with E-state index in [4.69, 9.17) is 0 Å². The first-order chi connectivity index (χ1) is 32.4. The van der Waals surface area contributed by atoms with Gasteiger partial charge in [0.25, 0.3) is 6.71 Å². The van der Waals surface area contributed by atoms with Crippen molar-refractivity contribution in [3.8, 4) is 0 Å². The molecule has 0 fully saturated rings. The number of para-hydroxylation sites is 2. The van der Waals surface area contributed by atoms with Gasteiger partial charge in [-0.05, 0) is 174 Å². The van der Waals surface area contributed by atoms with Crippen molar-refractivity contribution in [1.29, 1.82) is 0 Å². The van der Waals surface area contributed by atoms with E-state index in [1.54, 1.807) is 0 Å². The molecule has 0 atom stereocenters. The lowest BCUT2D eigenvalue weighted by molar-refractivity contribution is 0.403. The van der Waals surface area contributed by atoms with Gasteiger partial charge in [-0.1, -0.05) is 170 Å². The van der Waals surface area contributed by atoms with Crippen LogP contribution in [0.2, 0.25) is 0 Å². The second kappa shape index (κ2) is 15.0. The highest BCUT2D eigenvalue weighted by atomic mass is 15.2. The van der Waals surface area contributed by atoms with Gasteiger partial charge in [0.05, 0.1) is 5.69 Å². The molecule has 0 N–H and O–H groups in total. The molecule has 11 rings (SSSR count). The topological polar surface area (TPSA) is 9.72 Å². The summed E-state index contributed by atoms with van der Waals surface area (Å²) in [6.07, 6.45) is 2.23. The van der Waals surface area contributed by atoms with E-state index in [-0.39, 0.29) is 39.2 Å². The Kier molecular flexibility index (Phi) is 9.88. The molecule has 0 saturated carbocycles. The van der Waals surface area contributed by atoms with Crippen molar-refractivity contribution in [3.63, 3.8) is 0 Å². The van der Waals surface area contributed by atoms with Crippen molar-refractivity contribution in [2.24, 2.45) is 0 Å². The molecule has 3 nitrogen and oxygen atoms in total. The SMILES string of the molecule is Cc1ccc(C(C)(C)C)cc1N1c2cc(C(C)(C)C)ccc2B2c3cc4c(cc3N(c3ccc5c(c3)C(C)(C)CC5(C)C)c3cc(N(c5ccccc5)c5ccccc5)cc1c32)C(C)(C)CC4(C)C. The molecule has 4 heteroatoms. The first kappa shape index (κ1) is 45.4. The molecule has 2 aliphatic carbocycles. The molecule has 0 radical (unpaired) electrons. The summed E-state index contributed by atoms with van der Waals surface area (Å²) in [5.74, 6) is 0. The van der Waals surface area contributed by atoms with Crippen LogP contribution >= 0.6 is 0 Å². The molecule has 69 heavy (non-hydrogen) atoms. The number of hydrogen-bond donors (Lipinski definition) is 0. The Morgan fingerprint density at radius 3 is 1.46 bits per heavy atom. The molecule has 0 saturated heterocycles. The zero-order valence-electron chi connectivity index (χ0n) is 44.1. The third-order valence-corrected chi connectivity index (χ3v) is 16.6. The van der Waals surface area contributed by atoms with Crippen molar-refractivity contribution in [2.45, 2.75) is 149 Å². The Balaban J connectivity index is 1.32.